The monoisotopic (exact) mass is 475 g/mol. The molecule has 1 atom stereocenters. The number of carbonyl (C=O) groups is 2. The summed E-state index contributed by atoms with van der Waals surface area (Å²) in [6.45, 7) is 7.44. The van der Waals surface area contributed by atoms with Gasteiger partial charge in [0, 0.05) is 37.3 Å². The van der Waals surface area contributed by atoms with Crippen LogP contribution in [0.4, 0.5) is 4.39 Å². The van der Waals surface area contributed by atoms with E-state index in [9.17, 15) is 14.0 Å². The molecule has 182 valence electrons. The maximum Gasteiger partial charge on any atom is 0.263 e. The van der Waals surface area contributed by atoms with Crippen molar-refractivity contribution in [3.05, 3.63) is 59.5 Å². The van der Waals surface area contributed by atoms with Gasteiger partial charge in [-0.1, -0.05) is 0 Å². The molecule has 1 unspecified atom stereocenters. The summed E-state index contributed by atoms with van der Waals surface area (Å²) in [5.41, 5.74) is 4.16. The lowest BCUT2D eigenvalue weighted by atomic mass is 9.77. The molecule has 2 fully saturated rings. The number of rotatable bonds is 4. The van der Waals surface area contributed by atoms with Crippen LogP contribution in [0.3, 0.4) is 0 Å². The highest BCUT2D eigenvalue weighted by Crippen LogP contribution is 2.38. The molecule has 1 N–H and O–H groups in total. The predicted octanol–water partition coefficient (Wildman–Crippen LogP) is 4.55. The summed E-state index contributed by atoms with van der Waals surface area (Å²) in [7, 11) is 0. The van der Waals surface area contributed by atoms with Crippen molar-refractivity contribution in [2.24, 2.45) is 5.41 Å². The van der Waals surface area contributed by atoms with Crippen LogP contribution in [-0.2, 0) is 9.59 Å². The molecule has 35 heavy (non-hydrogen) atoms. The molecule has 2 aromatic carbocycles. The molecule has 2 aliphatic rings. The molecule has 1 aromatic heterocycles. The number of benzene rings is 2. The molecule has 0 aliphatic carbocycles. The van der Waals surface area contributed by atoms with Crippen molar-refractivity contribution in [1.82, 2.24) is 15.2 Å². The van der Waals surface area contributed by atoms with Gasteiger partial charge in [0.2, 0.25) is 5.91 Å². The molecule has 6 nitrogen and oxygen atoms in total. The van der Waals surface area contributed by atoms with Gasteiger partial charge in [-0.2, -0.15) is 0 Å². The molecule has 2 aliphatic heterocycles. The van der Waals surface area contributed by atoms with Gasteiger partial charge in [-0.3, -0.25) is 14.6 Å². The van der Waals surface area contributed by atoms with E-state index in [-0.39, 0.29) is 23.0 Å². The molecule has 7 heteroatoms. The minimum absolute atomic E-state index is 0.0716. The number of hydrogen-bond acceptors (Lipinski definition) is 4. The summed E-state index contributed by atoms with van der Waals surface area (Å²) in [6.07, 6.45) is 3.33. The molecule has 3 aromatic rings. The Morgan fingerprint density at radius 1 is 1.11 bits per heavy atom. The summed E-state index contributed by atoms with van der Waals surface area (Å²) < 4.78 is 19.9. The lowest BCUT2D eigenvalue weighted by molar-refractivity contribution is -0.143. The highest BCUT2D eigenvalue weighted by molar-refractivity contribution is 5.96. The topological polar surface area (TPSA) is 71.5 Å². The Bertz CT molecular complexity index is 1290. The van der Waals surface area contributed by atoms with Crippen molar-refractivity contribution in [3.8, 4) is 16.9 Å². The minimum Gasteiger partial charge on any atom is -0.481 e. The number of halogens is 1. The highest BCUT2D eigenvalue weighted by Gasteiger charge is 2.45. The molecular formula is C28H30FN3O3. The molecule has 5 rings (SSSR count). The van der Waals surface area contributed by atoms with Crippen LogP contribution in [0, 0.1) is 25.1 Å². The number of aryl methyl sites for hydroxylation is 2. The highest BCUT2D eigenvalue weighted by atomic mass is 19.1. The van der Waals surface area contributed by atoms with Crippen molar-refractivity contribution in [1.29, 1.82) is 0 Å². The fourth-order valence-corrected chi connectivity index (χ4v) is 5.61. The van der Waals surface area contributed by atoms with Crippen LogP contribution in [0.2, 0.25) is 0 Å². The second-order valence-corrected chi connectivity index (χ2v) is 9.82. The molecule has 3 heterocycles. The quantitative estimate of drug-likeness (QED) is 0.601. The van der Waals surface area contributed by atoms with Crippen molar-refractivity contribution >= 4 is 22.7 Å². The lowest BCUT2D eigenvalue weighted by Gasteiger charge is -2.38. The van der Waals surface area contributed by atoms with Crippen LogP contribution < -0.4 is 10.1 Å². The molecule has 0 radical (unpaired) electrons. The second-order valence-electron chi connectivity index (χ2n) is 9.82. The number of pyridine rings is 1. The third-order valence-electron chi connectivity index (χ3n) is 7.54. The predicted molar refractivity (Wildman–Crippen MR) is 133 cm³/mol. The van der Waals surface area contributed by atoms with E-state index in [2.05, 4.69) is 10.3 Å². The van der Waals surface area contributed by atoms with E-state index in [1.807, 2.05) is 38.1 Å². The van der Waals surface area contributed by atoms with Gasteiger partial charge in [0.15, 0.2) is 6.10 Å². The van der Waals surface area contributed by atoms with Gasteiger partial charge in [0.1, 0.15) is 11.6 Å². The number of hydrogen-bond donors (Lipinski definition) is 1. The zero-order valence-electron chi connectivity index (χ0n) is 20.4. The number of nitrogens with one attached hydrogen (secondary N) is 1. The average molecular weight is 476 g/mol. The van der Waals surface area contributed by atoms with E-state index in [1.54, 1.807) is 30.2 Å². The standard InChI is InChI=1S/C28H30FN3O3/c1-17-14-20(29)15-18(2)25(17)23-6-10-30-24-16-21(4-5-22(23)24)35-19(3)26(33)32-12-8-28(9-13-32)7-11-31-27(28)34/h4-6,10,14-16,19H,7-9,11-13H2,1-3H3,(H,31,34). The van der Waals surface area contributed by atoms with Gasteiger partial charge in [0.05, 0.1) is 10.9 Å². The third kappa shape index (κ3) is 4.24. The smallest absolute Gasteiger partial charge is 0.263 e. The summed E-state index contributed by atoms with van der Waals surface area (Å²) in [4.78, 5) is 31.6. The second kappa shape index (κ2) is 8.95. The summed E-state index contributed by atoms with van der Waals surface area (Å²) >= 11 is 0. The van der Waals surface area contributed by atoms with Gasteiger partial charge in [-0.05, 0) is 92.6 Å². The molecule has 2 amide bonds. The Balaban J connectivity index is 1.32. The Kier molecular flexibility index (Phi) is 5.95. The zero-order valence-corrected chi connectivity index (χ0v) is 20.4. The van der Waals surface area contributed by atoms with Crippen LogP contribution in [0.25, 0.3) is 22.0 Å². The van der Waals surface area contributed by atoms with E-state index in [0.29, 0.717) is 31.7 Å². The first-order valence-corrected chi connectivity index (χ1v) is 12.2. The molecule has 0 saturated carbocycles. The maximum atomic E-state index is 13.8. The Labute approximate surface area is 204 Å². The number of likely N-dealkylation sites (tertiary alicyclic amines) is 1. The van der Waals surface area contributed by atoms with Crippen molar-refractivity contribution in [3.63, 3.8) is 0 Å². The van der Waals surface area contributed by atoms with Crippen molar-refractivity contribution in [2.45, 2.75) is 46.1 Å². The van der Waals surface area contributed by atoms with Crippen LogP contribution in [0.1, 0.15) is 37.3 Å². The van der Waals surface area contributed by atoms with Gasteiger partial charge in [0.25, 0.3) is 5.91 Å². The van der Waals surface area contributed by atoms with E-state index in [1.165, 1.54) is 0 Å². The van der Waals surface area contributed by atoms with E-state index in [4.69, 9.17) is 4.74 Å². The van der Waals surface area contributed by atoms with Crippen molar-refractivity contribution < 1.29 is 18.7 Å². The molecule has 1 spiro atoms. The maximum absolute atomic E-state index is 13.8. The first-order valence-electron chi connectivity index (χ1n) is 12.2. The number of fused-ring (bicyclic) bond motifs is 1. The first kappa shape index (κ1) is 23.3. The van der Waals surface area contributed by atoms with Crippen molar-refractivity contribution in [2.75, 3.05) is 19.6 Å². The normalized spacial score (nSPS) is 18.1. The largest absolute Gasteiger partial charge is 0.481 e. The number of carbonyl (C=O) groups excluding carboxylic acids is 2. The van der Waals surface area contributed by atoms with E-state index in [0.717, 1.165) is 46.1 Å². The van der Waals surface area contributed by atoms with E-state index >= 15 is 0 Å². The Morgan fingerprint density at radius 3 is 2.49 bits per heavy atom. The molecular weight excluding hydrogens is 445 g/mol. The van der Waals surface area contributed by atoms with Crippen LogP contribution in [-0.4, -0.2) is 47.4 Å². The SMILES string of the molecule is Cc1cc(F)cc(C)c1-c1ccnc2cc(OC(C)C(=O)N3CCC4(CCNC4=O)CC3)ccc12. The van der Waals surface area contributed by atoms with Crippen LogP contribution >= 0.6 is 0 Å². The first-order chi connectivity index (χ1) is 16.8. The Morgan fingerprint density at radius 2 is 1.83 bits per heavy atom. The lowest BCUT2D eigenvalue weighted by Crippen LogP contribution is -2.49. The van der Waals surface area contributed by atoms with Gasteiger partial charge >= 0.3 is 0 Å². The van der Waals surface area contributed by atoms with Gasteiger partial charge < -0.3 is 15.0 Å². The van der Waals surface area contributed by atoms with Crippen LogP contribution in [0.5, 0.6) is 5.75 Å². The van der Waals surface area contributed by atoms with E-state index < -0.39 is 6.10 Å². The number of piperidine rings is 1. The minimum atomic E-state index is -0.649. The molecule has 2 saturated heterocycles. The third-order valence-corrected chi connectivity index (χ3v) is 7.54. The Hall–Kier alpha value is -3.48. The average Bonchev–Trinajstić information content (AvgIpc) is 3.17. The van der Waals surface area contributed by atoms with Gasteiger partial charge in [-0.25, -0.2) is 4.39 Å². The van der Waals surface area contributed by atoms with Crippen LogP contribution in [0.15, 0.2) is 42.6 Å². The number of nitrogens with zero attached hydrogens (tertiary/aromatic N) is 2. The summed E-state index contributed by atoms with van der Waals surface area (Å²) in [5.74, 6) is 0.381. The fraction of sp³-hybridized carbons (Fsp3) is 0.393. The number of aromatic nitrogens is 1. The molecule has 0 bridgehead atoms. The zero-order chi connectivity index (χ0) is 24.7. The number of ether oxygens (including phenoxy) is 1. The van der Waals surface area contributed by atoms with Gasteiger partial charge in [-0.15, -0.1) is 0 Å². The summed E-state index contributed by atoms with van der Waals surface area (Å²) in [5, 5.41) is 3.87. The summed E-state index contributed by atoms with van der Waals surface area (Å²) in [6, 6.07) is 10.7. The fourth-order valence-electron chi connectivity index (χ4n) is 5.61. The number of amides is 2.